The normalized spacial score (nSPS) is 16.9. The second-order valence-corrected chi connectivity index (χ2v) is 11.6. The summed E-state index contributed by atoms with van der Waals surface area (Å²) >= 11 is 0. The quantitative estimate of drug-likeness (QED) is 0.221. The van der Waals surface area contributed by atoms with Crippen molar-refractivity contribution in [1.29, 1.82) is 0 Å². The van der Waals surface area contributed by atoms with E-state index in [-0.39, 0.29) is 48.0 Å². The van der Waals surface area contributed by atoms with E-state index >= 15 is 0 Å². The fraction of sp³-hybridized carbons (Fsp3) is 0.324. The van der Waals surface area contributed by atoms with Gasteiger partial charge in [0, 0.05) is 36.4 Å². The van der Waals surface area contributed by atoms with Gasteiger partial charge in [0.1, 0.15) is 29.9 Å². The van der Waals surface area contributed by atoms with Crippen LogP contribution in [-0.4, -0.2) is 47.0 Å². The topological polar surface area (TPSA) is 87.9 Å². The highest BCUT2D eigenvalue weighted by molar-refractivity contribution is 6.03. The molecule has 3 aromatic carbocycles. The molecule has 2 fully saturated rings. The summed E-state index contributed by atoms with van der Waals surface area (Å²) in [5.41, 5.74) is 2.35. The van der Waals surface area contributed by atoms with Crippen molar-refractivity contribution in [3.63, 3.8) is 0 Å². The van der Waals surface area contributed by atoms with Gasteiger partial charge in [0.25, 0.3) is 0 Å². The average Bonchev–Trinajstić information content (AvgIpc) is 3.76. The van der Waals surface area contributed by atoms with Crippen molar-refractivity contribution in [2.24, 2.45) is 0 Å². The van der Waals surface area contributed by atoms with Crippen molar-refractivity contribution in [3.05, 3.63) is 101 Å². The lowest BCUT2D eigenvalue weighted by Gasteiger charge is -2.38. The number of aromatic nitrogens is 1. The van der Waals surface area contributed by atoms with E-state index in [0.717, 1.165) is 41.7 Å². The van der Waals surface area contributed by atoms with E-state index in [9.17, 15) is 27.2 Å². The van der Waals surface area contributed by atoms with E-state index < -0.39 is 23.6 Å². The first-order valence-corrected chi connectivity index (χ1v) is 14.9. The molecule has 1 aliphatic carbocycles. The number of piperazine rings is 1. The lowest BCUT2D eigenvalue weighted by Crippen LogP contribution is -2.61. The molecular formula is C34H32F4N4O4. The summed E-state index contributed by atoms with van der Waals surface area (Å²) in [6.07, 6.45) is -2.92. The molecule has 1 aliphatic heterocycles. The highest BCUT2D eigenvalue weighted by Crippen LogP contribution is 2.37. The Bertz CT molecular complexity index is 1750. The molecule has 2 aliphatic rings. The monoisotopic (exact) mass is 636 g/mol. The lowest BCUT2D eigenvalue weighted by molar-refractivity contribution is -0.137. The molecule has 0 spiro atoms. The van der Waals surface area contributed by atoms with Gasteiger partial charge in [-0.25, -0.2) is 4.39 Å². The number of halogens is 4. The molecule has 0 unspecified atom stereocenters. The van der Waals surface area contributed by atoms with Crippen molar-refractivity contribution in [1.82, 2.24) is 15.4 Å². The maximum absolute atomic E-state index is 14.0. The molecule has 1 N–H and O–H groups in total. The number of carbonyl (C=O) groups excluding carboxylic acids is 2. The summed E-state index contributed by atoms with van der Waals surface area (Å²) in [4.78, 5) is 30.6. The SMILES string of the molecule is Cc1cccc(CN(C(=O)[C@H]2CNCC(=O)N2c2ccc(OCc3cc(-c4ccc(F)cc4C(F)(F)F)no3)cc2)C2CC2)c1C. The standard InChI is InChI=1S/C34H32F4N4O4/c1-20-4-3-5-22(21(20)2)18-41(24-7-8-24)33(44)31-16-39-17-32(43)42(31)25-9-11-26(12-10-25)45-19-27-15-30(40-46-27)28-13-6-23(35)14-29(28)34(36,37)38/h3-6,9-15,24,31,39H,7-8,16-19H2,1-2H3/t31-/m1/s1. The number of alkyl halides is 3. The minimum Gasteiger partial charge on any atom is -0.486 e. The number of nitrogens with one attached hydrogen (secondary N) is 1. The Morgan fingerprint density at radius 3 is 2.57 bits per heavy atom. The molecule has 46 heavy (non-hydrogen) atoms. The van der Waals surface area contributed by atoms with E-state index in [1.165, 1.54) is 11.0 Å². The van der Waals surface area contributed by atoms with Crippen LogP contribution in [0.25, 0.3) is 11.3 Å². The molecule has 4 aromatic rings. The second kappa shape index (κ2) is 12.6. The van der Waals surface area contributed by atoms with Gasteiger partial charge >= 0.3 is 6.18 Å². The van der Waals surface area contributed by atoms with Crippen LogP contribution < -0.4 is 15.0 Å². The minimum absolute atomic E-state index is 0.0976. The van der Waals surface area contributed by atoms with E-state index in [1.807, 2.05) is 30.0 Å². The maximum Gasteiger partial charge on any atom is 0.417 e. The Morgan fingerprint density at radius 2 is 1.85 bits per heavy atom. The summed E-state index contributed by atoms with van der Waals surface area (Å²) < 4.78 is 64.8. The van der Waals surface area contributed by atoms with Crippen LogP contribution in [0.2, 0.25) is 0 Å². The number of amides is 2. The van der Waals surface area contributed by atoms with Gasteiger partial charge in [-0.15, -0.1) is 0 Å². The molecule has 1 aromatic heterocycles. The van der Waals surface area contributed by atoms with Gasteiger partial charge in [-0.05, 0) is 85.8 Å². The van der Waals surface area contributed by atoms with Gasteiger partial charge in [0.2, 0.25) is 11.8 Å². The Kier molecular flexibility index (Phi) is 8.56. The summed E-state index contributed by atoms with van der Waals surface area (Å²) in [6, 6.07) is 15.8. The van der Waals surface area contributed by atoms with E-state index in [0.29, 0.717) is 30.6 Å². The van der Waals surface area contributed by atoms with Crippen LogP contribution in [0.3, 0.4) is 0 Å². The zero-order valence-corrected chi connectivity index (χ0v) is 25.2. The summed E-state index contributed by atoms with van der Waals surface area (Å²) in [7, 11) is 0. The molecule has 0 bridgehead atoms. The Balaban J connectivity index is 1.15. The highest BCUT2D eigenvalue weighted by Gasteiger charge is 2.41. The van der Waals surface area contributed by atoms with E-state index in [2.05, 4.69) is 17.4 Å². The molecular weight excluding hydrogens is 604 g/mol. The number of benzene rings is 3. The minimum atomic E-state index is -4.78. The fourth-order valence-corrected chi connectivity index (χ4v) is 5.66. The fourth-order valence-electron chi connectivity index (χ4n) is 5.66. The van der Waals surface area contributed by atoms with E-state index in [4.69, 9.17) is 9.26 Å². The first kappa shape index (κ1) is 31.3. The maximum atomic E-state index is 14.0. The van der Waals surface area contributed by atoms with E-state index in [1.54, 1.807) is 24.3 Å². The molecule has 8 nitrogen and oxygen atoms in total. The molecule has 1 atom stereocenters. The number of anilines is 1. The molecule has 12 heteroatoms. The summed E-state index contributed by atoms with van der Waals surface area (Å²) in [5.74, 6) is -0.792. The number of hydrogen-bond acceptors (Lipinski definition) is 6. The third-order valence-electron chi connectivity index (χ3n) is 8.43. The third-order valence-corrected chi connectivity index (χ3v) is 8.43. The lowest BCUT2D eigenvalue weighted by atomic mass is 10.0. The first-order chi connectivity index (χ1) is 22.0. The van der Waals surface area contributed by atoms with Gasteiger partial charge in [0.05, 0.1) is 12.1 Å². The summed E-state index contributed by atoms with van der Waals surface area (Å²) in [6.45, 7) is 4.85. The highest BCUT2D eigenvalue weighted by atomic mass is 19.4. The van der Waals surface area contributed by atoms with Gasteiger partial charge in [-0.2, -0.15) is 13.2 Å². The summed E-state index contributed by atoms with van der Waals surface area (Å²) in [5, 5.41) is 6.79. The smallest absolute Gasteiger partial charge is 0.417 e. The third kappa shape index (κ3) is 6.62. The van der Waals surface area contributed by atoms with Gasteiger partial charge in [-0.3, -0.25) is 14.5 Å². The molecule has 240 valence electrons. The number of nitrogens with zero attached hydrogens (tertiary/aromatic N) is 3. The Hall–Kier alpha value is -4.71. The van der Waals surface area contributed by atoms with Crippen LogP contribution >= 0.6 is 0 Å². The van der Waals surface area contributed by atoms with Crippen LogP contribution in [0.4, 0.5) is 23.2 Å². The van der Waals surface area contributed by atoms with Crippen molar-refractivity contribution in [3.8, 4) is 17.0 Å². The van der Waals surface area contributed by atoms with Crippen molar-refractivity contribution in [2.75, 3.05) is 18.0 Å². The van der Waals surface area contributed by atoms with Gasteiger partial charge in [0.15, 0.2) is 5.76 Å². The zero-order chi connectivity index (χ0) is 32.6. The Labute approximate surface area is 262 Å². The second-order valence-electron chi connectivity index (χ2n) is 11.6. The number of ether oxygens (including phenoxy) is 1. The number of rotatable bonds is 9. The largest absolute Gasteiger partial charge is 0.486 e. The zero-order valence-electron chi connectivity index (χ0n) is 25.2. The predicted octanol–water partition coefficient (Wildman–Crippen LogP) is 6.19. The van der Waals surface area contributed by atoms with Crippen LogP contribution in [0, 0.1) is 19.7 Å². The molecule has 1 saturated heterocycles. The predicted molar refractivity (Wildman–Crippen MR) is 161 cm³/mol. The molecule has 2 amide bonds. The molecule has 0 radical (unpaired) electrons. The number of carbonyl (C=O) groups is 2. The van der Waals surface area contributed by atoms with Crippen molar-refractivity contribution in [2.45, 2.75) is 58.1 Å². The Morgan fingerprint density at radius 1 is 1.09 bits per heavy atom. The molecule has 2 heterocycles. The van der Waals surface area contributed by atoms with Gasteiger partial charge in [-0.1, -0.05) is 23.4 Å². The first-order valence-electron chi connectivity index (χ1n) is 14.9. The van der Waals surface area contributed by atoms with Crippen molar-refractivity contribution < 1.29 is 36.4 Å². The molecule has 6 rings (SSSR count). The number of aryl methyl sites for hydroxylation is 1. The average molecular weight is 637 g/mol. The van der Waals surface area contributed by atoms with Crippen LogP contribution in [0.5, 0.6) is 5.75 Å². The van der Waals surface area contributed by atoms with Crippen molar-refractivity contribution >= 4 is 17.5 Å². The molecule has 1 saturated carbocycles. The van der Waals surface area contributed by atoms with Gasteiger partial charge < -0.3 is 19.5 Å². The number of hydrogen-bond donors (Lipinski definition) is 1. The van der Waals surface area contributed by atoms with Crippen LogP contribution in [-0.2, 0) is 28.9 Å². The van der Waals surface area contributed by atoms with Crippen LogP contribution in [0.15, 0.2) is 71.3 Å². The van der Waals surface area contributed by atoms with Crippen LogP contribution in [0.1, 0.15) is 40.9 Å².